The van der Waals surface area contributed by atoms with Crippen LogP contribution in [0.5, 0.6) is 5.75 Å². The number of para-hydroxylation sites is 1. The SMILES string of the molecule is COc1ccccc1CN(Cc1cccnc1)S(=O)(=O)Cc1ccccc1Cl. The average molecular weight is 417 g/mol. The number of halogens is 1. The van der Waals surface area contributed by atoms with Gasteiger partial charge in [0.1, 0.15) is 5.75 Å². The molecule has 0 amide bonds. The highest BCUT2D eigenvalue weighted by atomic mass is 35.5. The molecule has 0 aliphatic carbocycles. The molecule has 7 heteroatoms. The van der Waals surface area contributed by atoms with E-state index in [9.17, 15) is 8.42 Å². The number of sulfonamides is 1. The molecule has 0 atom stereocenters. The van der Waals surface area contributed by atoms with E-state index in [1.807, 2.05) is 30.3 Å². The molecule has 3 aromatic rings. The molecule has 0 saturated carbocycles. The van der Waals surface area contributed by atoms with Crippen LogP contribution in [-0.2, 0) is 28.9 Å². The van der Waals surface area contributed by atoms with Gasteiger partial charge in [-0.15, -0.1) is 0 Å². The summed E-state index contributed by atoms with van der Waals surface area (Å²) in [4.78, 5) is 4.09. The quantitative estimate of drug-likeness (QED) is 0.550. The van der Waals surface area contributed by atoms with Crippen LogP contribution >= 0.6 is 11.6 Å². The highest BCUT2D eigenvalue weighted by molar-refractivity contribution is 7.88. The molecule has 1 heterocycles. The molecule has 0 N–H and O–H groups in total. The third-order valence-electron chi connectivity index (χ3n) is 4.31. The third kappa shape index (κ3) is 5.10. The van der Waals surface area contributed by atoms with Crippen LogP contribution in [0.4, 0.5) is 0 Å². The first-order valence-electron chi connectivity index (χ1n) is 8.71. The number of hydrogen-bond acceptors (Lipinski definition) is 4. The average Bonchev–Trinajstić information content (AvgIpc) is 2.70. The van der Waals surface area contributed by atoms with E-state index in [1.54, 1.807) is 49.8 Å². The summed E-state index contributed by atoms with van der Waals surface area (Å²) in [6, 6.07) is 18.0. The Kier molecular flexibility index (Phi) is 6.67. The lowest BCUT2D eigenvalue weighted by Gasteiger charge is -2.23. The molecule has 0 aliphatic rings. The van der Waals surface area contributed by atoms with Gasteiger partial charge in [0.25, 0.3) is 0 Å². The van der Waals surface area contributed by atoms with Crippen molar-refractivity contribution >= 4 is 21.6 Å². The fourth-order valence-electron chi connectivity index (χ4n) is 2.87. The van der Waals surface area contributed by atoms with Gasteiger partial charge in [-0.2, -0.15) is 4.31 Å². The topological polar surface area (TPSA) is 59.5 Å². The Balaban J connectivity index is 1.94. The highest BCUT2D eigenvalue weighted by Crippen LogP contribution is 2.25. The molecular formula is C21H21ClN2O3S. The first-order chi connectivity index (χ1) is 13.5. The fraction of sp³-hybridized carbons (Fsp3) is 0.190. The Hall–Kier alpha value is -2.41. The summed E-state index contributed by atoms with van der Waals surface area (Å²) in [5, 5.41) is 0.435. The third-order valence-corrected chi connectivity index (χ3v) is 6.40. The van der Waals surface area contributed by atoms with E-state index >= 15 is 0 Å². The molecular weight excluding hydrogens is 396 g/mol. The molecule has 0 bridgehead atoms. The summed E-state index contributed by atoms with van der Waals surface area (Å²) < 4.78 is 33.4. The van der Waals surface area contributed by atoms with Gasteiger partial charge >= 0.3 is 0 Å². The molecule has 146 valence electrons. The second-order valence-electron chi connectivity index (χ2n) is 6.29. The first kappa shape index (κ1) is 20.3. The van der Waals surface area contributed by atoms with E-state index < -0.39 is 10.0 Å². The summed E-state index contributed by atoms with van der Waals surface area (Å²) in [7, 11) is -2.08. The summed E-state index contributed by atoms with van der Waals surface area (Å²) >= 11 is 6.19. The number of methoxy groups -OCH3 is 1. The molecule has 2 aromatic carbocycles. The molecule has 5 nitrogen and oxygen atoms in total. The maximum atomic E-state index is 13.3. The van der Waals surface area contributed by atoms with Crippen molar-refractivity contribution in [1.82, 2.24) is 9.29 Å². The van der Waals surface area contributed by atoms with Crippen molar-refractivity contribution in [3.63, 3.8) is 0 Å². The largest absolute Gasteiger partial charge is 0.496 e. The van der Waals surface area contributed by atoms with Crippen LogP contribution in [0.2, 0.25) is 5.02 Å². The van der Waals surface area contributed by atoms with E-state index in [-0.39, 0.29) is 18.8 Å². The standard InChI is InChI=1S/C21H21ClN2O3S/c1-27-21-11-5-3-8-18(21)15-24(14-17-7-6-12-23-13-17)28(25,26)16-19-9-2-4-10-20(19)22/h2-13H,14-16H2,1H3. The number of ether oxygens (including phenoxy) is 1. The second kappa shape index (κ2) is 9.19. The van der Waals surface area contributed by atoms with E-state index in [0.29, 0.717) is 16.3 Å². The van der Waals surface area contributed by atoms with Crippen LogP contribution in [0.25, 0.3) is 0 Å². The minimum atomic E-state index is -3.65. The van der Waals surface area contributed by atoms with E-state index in [0.717, 1.165) is 11.1 Å². The van der Waals surface area contributed by atoms with Gasteiger partial charge < -0.3 is 4.74 Å². The van der Waals surface area contributed by atoms with Gasteiger partial charge in [-0.05, 0) is 29.3 Å². The van der Waals surface area contributed by atoms with Gasteiger partial charge in [0.05, 0.1) is 12.9 Å². The number of benzene rings is 2. The molecule has 0 fully saturated rings. The van der Waals surface area contributed by atoms with Crippen LogP contribution in [-0.4, -0.2) is 24.8 Å². The van der Waals surface area contributed by atoms with Crippen LogP contribution in [0.15, 0.2) is 73.1 Å². The van der Waals surface area contributed by atoms with Crippen LogP contribution < -0.4 is 4.74 Å². The monoisotopic (exact) mass is 416 g/mol. The lowest BCUT2D eigenvalue weighted by Crippen LogP contribution is -2.31. The molecule has 3 rings (SSSR count). The van der Waals surface area contributed by atoms with Crippen molar-refractivity contribution in [2.75, 3.05) is 7.11 Å². The zero-order chi connectivity index (χ0) is 20.0. The molecule has 0 spiro atoms. The number of pyridine rings is 1. The van der Waals surface area contributed by atoms with Crippen molar-refractivity contribution < 1.29 is 13.2 Å². The van der Waals surface area contributed by atoms with Gasteiger partial charge in [0, 0.05) is 36.1 Å². The minimum Gasteiger partial charge on any atom is -0.496 e. The van der Waals surface area contributed by atoms with Gasteiger partial charge in [-0.1, -0.05) is 54.1 Å². The van der Waals surface area contributed by atoms with Crippen molar-refractivity contribution in [2.24, 2.45) is 0 Å². The number of hydrogen-bond donors (Lipinski definition) is 0. The number of rotatable bonds is 8. The summed E-state index contributed by atoms with van der Waals surface area (Å²) in [6.45, 7) is 0.393. The van der Waals surface area contributed by atoms with E-state index in [2.05, 4.69) is 4.98 Å². The lowest BCUT2D eigenvalue weighted by molar-refractivity contribution is 0.375. The number of nitrogens with zero attached hydrogens (tertiary/aromatic N) is 2. The van der Waals surface area contributed by atoms with Crippen molar-refractivity contribution in [3.8, 4) is 5.75 Å². The lowest BCUT2D eigenvalue weighted by atomic mass is 10.2. The Labute approximate surface area is 170 Å². The summed E-state index contributed by atoms with van der Waals surface area (Å²) in [5.74, 6) is 0.467. The zero-order valence-corrected chi connectivity index (χ0v) is 17.0. The maximum Gasteiger partial charge on any atom is 0.218 e. The molecule has 1 aromatic heterocycles. The van der Waals surface area contributed by atoms with Gasteiger partial charge in [0.2, 0.25) is 10.0 Å². The number of aromatic nitrogens is 1. The maximum absolute atomic E-state index is 13.3. The van der Waals surface area contributed by atoms with Crippen LogP contribution in [0.3, 0.4) is 0 Å². The fourth-order valence-corrected chi connectivity index (χ4v) is 4.67. The molecule has 0 radical (unpaired) electrons. The normalized spacial score (nSPS) is 11.5. The van der Waals surface area contributed by atoms with E-state index in [1.165, 1.54) is 4.31 Å². The van der Waals surface area contributed by atoms with Crippen LogP contribution in [0, 0.1) is 0 Å². The van der Waals surface area contributed by atoms with Crippen molar-refractivity contribution in [3.05, 3.63) is 94.8 Å². The van der Waals surface area contributed by atoms with Gasteiger partial charge in [-0.25, -0.2) is 8.42 Å². The molecule has 0 saturated heterocycles. The molecule has 0 unspecified atom stereocenters. The Morgan fingerprint density at radius 3 is 2.36 bits per heavy atom. The van der Waals surface area contributed by atoms with Gasteiger partial charge in [-0.3, -0.25) is 4.98 Å². The Morgan fingerprint density at radius 1 is 0.964 bits per heavy atom. The zero-order valence-electron chi connectivity index (χ0n) is 15.5. The smallest absolute Gasteiger partial charge is 0.218 e. The molecule has 28 heavy (non-hydrogen) atoms. The van der Waals surface area contributed by atoms with Crippen molar-refractivity contribution in [1.29, 1.82) is 0 Å². The van der Waals surface area contributed by atoms with Gasteiger partial charge in [0.15, 0.2) is 0 Å². The van der Waals surface area contributed by atoms with Crippen molar-refractivity contribution in [2.45, 2.75) is 18.8 Å². The second-order valence-corrected chi connectivity index (χ2v) is 8.66. The predicted molar refractivity (Wildman–Crippen MR) is 111 cm³/mol. The summed E-state index contributed by atoms with van der Waals surface area (Å²) in [5.41, 5.74) is 2.16. The first-order valence-corrected chi connectivity index (χ1v) is 10.7. The van der Waals surface area contributed by atoms with Crippen LogP contribution in [0.1, 0.15) is 16.7 Å². The Bertz CT molecular complexity index is 1030. The highest BCUT2D eigenvalue weighted by Gasteiger charge is 2.25. The summed E-state index contributed by atoms with van der Waals surface area (Å²) in [6.07, 6.45) is 3.33. The predicted octanol–water partition coefficient (Wildman–Crippen LogP) is 4.28. The Morgan fingerprint density at radius 2 is 1.68 bits per heavy atom. The minimum absolute atomic E-state index is 0.178. The van der Waals surface area contributed by atoms with E-state index in [4.69, 9.17) is 16.3 Å². The molecule has 0 aliphatic heterocycles.